The summed E-state index contributed by atoms with van der Waals surface area (Å²) in [5.41, 5.74) is 10.4. The lowest BCUT2D eigenvalue weighted by Crippen LogP contribution is -2.26. The van der Waals surface area contributed by atoms with Crippen molar-refractivity contribution < 1.29 is 9.18 Å². The van der Waals surface area contributed by atoms with Gasteiger partial charge in [0, 0.05) is 74.5 Å². The quantitative estimate of drug-likeness (QED) is 0.426. The van der Waals surface area contributed by atoms with Crippen molar-refractivity contribution >= 4 is 34.2 Å². The molecule has 0 bridgehead atoms. The van der Waals surface area contributed by atoms with E-state index >= 15 is 0 Å². The Labute approximate surface area is 204 Å². The molecule has 35 heavy (non-hydrogen) atoms. The number of aryl methyl sites for hydroxylation is 2. The number of nitrogens with one attached hydrogen (secondary N) is 1. The Morgan fingerprint density at radius 1 is 1.17 bits per heavy atom. The number of aldehydes is 1. The van der Waals surface area contributed by atoms with Crippen LogP contribution in [-0.4, -0.2) is 51.6 Å². The number of imidazole rings is 1. The van der Waals surface area contributed by atoms with Gasteiger partial charge in [0.15, 0.2) is 17.8 Å². The van der Waals surface area contributed by atoms with Crippen molar-refractivity contribution in [3.8, 4) is 0 Å². The Hall–Kier alpha value is -3.46. The molecule has 1 unspecified atom stereocenters. The van der Waals surface area contributed by atoms with Gasteiger partial charge in [-0.3, -0.25) is 9.48 Å². The van der Waals surface area contributed by atoms with Gasteiger partial charge in [0.05, 0.1) is 11.4 Å². The summed E-state index contributed by atoms with van der Waals surface area (Å²) in [5.74, 6) is -0.306. The minimum Gasteiger partial charge on any atom is -0.387 e. The molecule has 2 aliphatic rings. The maximum absolute atomic E-state index is 13.3. The zero-order valence-electron chi connectivity index (χ0n) is 20.7. The van der Waals surface area contributed by atoms with Crippen molar-refractivity contribution in [2.45, 2.75) is 45.1 Å². The third kappa shape index (κ3) is 5.62. The second-order valence-corrected chi connectivity index (χ2v) is 9.21. The Balaban J connectivity index is 0.000000148. The average molecular weight is 480 g/mol. The Bertz CT molecular complexity index is 1300. The average Bonchev–Trinajstić information content (AvgIpc) is 3.49. The molecule has 8 nitrogen and oxygen atoms in total. The number of carbonyl (C=O) groups excluding carboxylic acids is 1. The standard InChI is InChI=1S/C13H16N4O.C9H10FN3.C4H8/c1-16-7-11-12(17-5-4-10(14)6-17)3-2-9(8-18)13(11)15-16;1-6-4-13-5-7(11-2)3-8(10)9(13)12-6;1-2-4-3-1/h2-3,7-8,10H,4-6,14H2,1H3;3-5,11H,1-2H3;1-4H2. The molecule has 3 N–H and O–H groups in total. The van der Waals surface area contributed by atoms with Crippen LogP contribution < -0.4 is 16.0 Å². The molecule has 9 heteroatoms. The fourth-order valence-electron chi connectivity index (χ4n) is 4.17. The molecule has 186 valence electrons. The van der Waals surface area contributed by atoms with Crippen molar-refractivity contribution in [2.24, 2.45) is 12.8 Å². The minimum atomic E-state index is -0.306. The van der Waals surface area contributed by atoms with Crippen LogP contribution in [0, 0.1) is 12.7 Å². The van der Waals surface area contributed by atoms with Crippen LogP contribution in [0.2, 0.25) is 0 Å². The van der Waals surface area contributed by atoms with Crippen LogP contribution in [0.15, 0.2) is 36.8 Å². The molecule has 3 aromatic heterocycles. The summed E-state index contributed by atoms with van der Waals surface area (Å²) in [5, 5.41) is 8.27. The van der Waals surface area contributed by atoms with Crippen LogP contribution in [0.4, 0.5) is 15.8 Å². The highest BCUT2D eigenvalue weighted by molar-refractivity contribution is 6.01. The lowest BCUT2D eigenvalue weighted by molar-refractivity contribution is 0.112. The maximum atomic E-state index is 13.3. The van der Waals surface area contributed by atoms with Gasteiger partial charge in [-0.05, 0) is 25.5 Å². The van der Waals surface area contributed by atoms with E-state index in [0.717, 1.165) is 53.8 Å². The van der Waals surface area contributed by atoms with E-state index in [9.17, 15) is 9.18 Å². The first-order chi connectivity index (χ1) is 16.9. The van der Waals surface area contributed by atoms with Crippen molar-refractivity contribution in [1.29, 1.82) is 0 Å². The molecule has 0 radical (unpaired) electrons. The number of hydrogen-bond acceptors (Lipinski definition) is 6. The van der Waals surface area contributed by atoms with E-state index in [1.165, 1.54) is 31.7 Å². The monoisotopic (exact) mass is 479 g/mol. The second-order valence-electron chi connectivity index (χ2n) is 9.21. The van der Waals surface area contributed by atoms with Crippen molar-refractivity contribution in [3.63, 3.8) is 0 Å². The largest absolute Gasteiger partial charge is 0.387 e. The molecule has 1 aromatic carbocycles. The third-order valence-electron chi connectivity index (χ3n) is 6.41. The summed E-state index contributed by atoms with van der Waals surface area (Å²) in [4.78, 5) is 17.3. The number of pyridine rings is 1. The Morgan fingerprint density at radius 3 is 2.51 bits per heavy atom. The van der Waals surface area contributed by atoms with Crippen molar-refractivity contribution in [3.05, 3.63) is 53.9 Å². The van der Waals surface area contributed by atoms with E-state index in [0.29, 0.717) is 11.2 Å². The van der Waals surface area contributed by atoms with Gasteiger partial charge in [-0.2, -0.15) is 5.10 Å². The first-order valence-electron chi connectivity index (χ1n) is 12.1. The van der Waals surface area contributed by atoms with Crippen LogP contribution >= 0.6 is 0 Å². The first kappa shape index (κ1) is 24.7. The number of benzene rings is 1. The van der Waals surface area contributed by atoms with E-state index in [-0.39, 0.29) is 11.9 Å². The van der Waals surface area contributed by atoms with Gasteiger partial charge in [0.25, 0.3) is 0 Å². The summed E-state index contributed by atoms with van der Waals surface area (Å²) < 4.78 is 16.7. The molecule has 4 heterocycles. The summed E-state index contributed by atoms with van der Waals surface area (Å²) in [7, 11) is 3.62. The summed E-state index contributed by atoms with van der Waals surface area (Å²) >= 11 is 0. The number of carbonyl (C=O) groups is 1. The van der Waals surface area contributed by atoms with Crippen LogP contribution in [0.25, 0.3) is 16.6 Å². The highest BCUT2D eigenvalue weighted by atomic mass is 19.1. The summed E-state index contributed by atoms with van der Waals surface area (Å²) in [6.45, 7) is 3.67. The van der Waals surface area contributed by atoms with Gasteiger partial charge < -0.3 is 20.4 Å². The number of aromatic nitrogens is 4. The number of nitrogens with zero attached hydrogens (tertiary/aromatic N) is 5. The van der Waals surface area contributed by atoms with E-state index in [1.807, 2.05) is 32.3 Å². The molecule has 1 aliphatic heterocycles. The van der Waals surface area contributed by atoms with Crippen LogP contribution in [0.5, 0.6) is 0 Å². The lowest BCUT2D eigenvalue weighted by Gasteiger charge is -2.19. The molecule has 0 spiro atoms. The molecule has 1 saturated heterocycles. The molecule has 2 fully saturated rings. The highest BCUT2D eigenvalue weighted by Gasteiger charge is 2.22. The summed E-state index contributed by atoms with van der Waals surface area (Å²) in [6, 6.07) is 5.50. The first-order valence-corrected chi connectivity index (χ1v) is 12.1. The smallest absolute Gasteiger partial charge is 0.173 e. The molecule has 6 rings (SSSR count). The molecule has 1 saturated carbocycles. The van der Waals surface area contributed by atoms with E-state index in [2.05, 4.69) is 20.3 Å². The van der Waals surface area contributed by atoms with E-state index < -0.39 is 0 Å². The van der Waals surface area contributed by atoms with Crippen molar-refractivity contribution in [2.75, 3.05) is 30.4 Å². The number of nitrogens with two attached hydrogens (primary N) is 1. The van der Waals surface area contributed by atoms with E-state index in [1.54, 1.807) is 28.5 Å². The molecule has 1 atom stereocenters. The molecule has 4 aromatic rings. The predicted octanol–water partition coefficient (Wildman–Crippen LogP) is 4.31. The number of fused-ring (bicyclic) bond motifs is 2. The van der Waals surface area contributed by atoms with Gasteiger partial charge in [0.1, 0.15) is 5.52 Å². The van der Waals surface area contributed by atoms with Crippen LogP contribution in [-0.2, 0) is 7.05 Å². The van der Waals surface area contributed by atoms with Gasteiger partial charge in [-0.25, -0.2) is 9.37 Å². The molecular formula is C26H34FN7O. The fraction of sp³-hybridized carbons (Fsp3) is 0.423. The Kier molecular flexibility index (Phi) is 7.65. The van der Waals surface area contributed by atoms with Crippen LogP contribution in [0.1, 0.15) is 48.2 Å². The Morgan fingerprint density at radius 2 is 1.91 bits per heavy atom. The number of hydrogen-bond donors (Lipinski definition) is 2. The zero-order valence-corrected chi connectivity index (χ0v) is 20.7. The number of halogens is 1. The van der Waals surface area contributed by atoms with E-state index in [4.69, 9.17) is 5.73 Å². The van der Waals surface area contributed by atoms with Gasteiger partial charge in [0.2, 0.25) is 0 Å². The summed E-state index contributed by atoms with van der Waals surface area (Å²) in [6.07, 6.45) is 13.4. The lowest BCUT2D eigenvalue weighted by atomic mass is 10.0. The normalized spacial score (nSPS) is 16.8. The van der Waals surface area contributed by atoms with Crippen LogP contribution in [0.3, 0.4) is 0 Å². The molecule has 1 aliphatic carbocycles. The zero-order chi connectivity index (χ0) is 24.9. The fourth-order valence-corrected chi connectivity index (χ4v) is 4.17. The van der Waals surface area contributed by atoms with Crippen molar-refractivity contribution in [1.82, 2.24) is 19.2 Å². The minimum absolute atomic E-state index is 0.238. The number of anilines is 2. The topological polar surface area (TPSA) is 93.5 Å². The maximum Gasteiger partial charge on any atom is 0.173 e. The van der Waals surface area contributed by atoms with Gasteiger partial charge in [-0.1, -0.05) is 25.7 Å². The highest BCUT2D eigenvalue weighted by Crippen LogP contribution is 2.30. The SMILES string of the molecule is C1CCC1.CNc1cc(F)c2nc(C)cn2c1.Cn1cc2c(N3CCC(N)C3)ccc(C=O)c2n1. The molecular weight excluding hydrogens is 445 g/mol. The van der Waals surface area contributed by atoms with Gasteiger partial charge in [-0.15, -0.1) is 0 Å². The predicted molar refractivity (Wildman–Crippen MR) is 139 cm³/mol. The molecule has 0 amide bonds. The second kappa shape index (κ2) is 10.9. The number of rotatable bonds is 3. The van der Waals surface area contributed by atoms with Gasteiger partial charge >= 0.3 is 0 Å². The third-order valence-corrected chi connectivity index (χ3v) is 6.41.